The van der Waals surface area contributed by atoms with Crippen LogP contribution in [0.1, 0.15) is 41.7 Å². The molecule has 0 aromatic heterocycles. The highest BCUT2D eigenvalue weighted by molar-refractivity contribution is 6.32. The molecule has 0 fully saturated rings. The van der Waals surface area contributed by atoms with E-state index in [1.54, 1.807) is 20.8 Å². The van der Waals surface area contributed by atoms with Crippen molar-refractivity contribution < 1.29 is 22.6 Å². The van der Waals surface area contributed by atoms with Crippen molar-refractivity contribution in [3.8, 4) is 0 Å². The molecule has 7 heteroatoms. The lowest BCUT2D eigenvalue weighted by Crippen LogP contribution is -2.35. The van der Waals surface area contributed by atoms with Crippen LogP contribution in [0.5, 0.6) is 0 Å². The molecule has 0 saturated carbocycles. The molecular formula is C22H27BF3NO2. The Hall–Kier alpha value is -1.83. The summed E-state index contributed by atoms with van der Waals surface area (Å²) in [6.07, 6.45) is -4.12. The van der Waals surface area contributed by atoms with Gasteiger partial charge >= 0.3 is 6.18 Å². The van der Waals surface area contributed by atoms with Crippen molar-refractivity contribution in [1.82, 2.24) is 4.90 Å². The summed E-state index contributed by atoms with van der Waals surface area (Å²) in [5.41, 5.74) is 2.09. The van der Waals surface area contributed by atoms with Crippen LogP contribution in [0.2, 0.25) is 0 Å². The average molecular weight is 405 g/mol. The Balaban J connectivity index is 1.81. The van der Waals surface area contributed by atoms with Gasteiger partial charge in [-0.05, 0) is 50.2 Å². The summed E-state index contributed by atoms with van der Waals surface area (Å²) in [5.74, 6) is 0. The third-order valence-electron chi connectivity index (χ3n) is 5.44. The SMILES string of the molecule is Bc1cc(C(C)OCC2(CCN(C)C)OCc3ccccc32)cc(C(F)(F)F)c1. The Morgan fingerprint density at radius 3 is 2.62 bits per heavy atom. The molecule has 2 atom stereocenters. The first-order valence-electron chi connectivity index (χ1n) is 9.78. The number of hydrogen-bond donors (Lipinski definition) is 0. The Bertz CT molecular complexity index is 856. The molecule has 156 valence electrons. The van der Waals surface area contributed by atoms with E-state index in [0.717, 1.165) is 30.2 Å². The molecule has 3 rings (SSSR count). The number of alkyl halides is 3. The summed E-state index contributed by atoms with van der Waals surface area (Å²) in [6, 6.07) is 12.2. The number of nitrogens with zero attached hydrogens (tertiary/aromatic N) is 1. The van der Waals surface area contributed by atoms with E-state index in [2.05, 4.69) is 11.0 Å². The van der Waals surface area contributed by atoms with Gasteiger partial charge in [0.25, 0.3) is 0 Å². The lowest BCUT2D eigenvalue weighted by Gasteiger charge is -2.32. The summed E-state index contributed by atoms with van der Waals surface area (Å²) in [5, 5.41) is 0. The van der Waals surface area contributed by atoms with Crippen LogP contribution < -0.4 is 5.46 Å². The lowest BCUT2D eigenvalue weighted by molar-refractivity contribution is -0.137. The second-order valence-corrected chi connectivity index (χ2v) is 8.08. The van der Waals surface area contributed by atoms with Crippen LogP contribution >= 0.6 is 0 Å². The Morgan fingerprint density at radius 2 is 1.93 bits per heavy atom. The topological polar surface area (TPSA) is 21.7 Å². The zero-order valence-corrected chi connectivity index (χ0v) is 17.3. The minimum absolute atomic E-state index is 0.286. The Kier molecular flexibility index (Phi) is 6.41. The number of halogens is 3. The molecule has 0 aliphatic carbocycles. The maximum Gasteiger partial charge on any atom is 0.416 e. The van der Waals surface area contributed by atoms with Gasteiger partial charge in [0.15, 0.2) is 0 Å². The van der Waals surface area contributed by atoms with E-state index < -0.39 is 23.4 Å². The first-order valence-corrected chi connectivity index (χ1v) is 9.78. The fraction of sp³-hybridized carbons (Fsp3) is 0.455. The normalized spacial score (nSPS) is 20.1. The van der Waals surface area contributed by atoms with Crippen LogP contribution in [0.15, 0.2) is 42.5 Å². The van der Waals surface area contributed by atoms with Gasteiger partial charge in [0.1, 0.15) is 13.4 Å². The molecule has 0 saturated heterocycles. The first-order chi connectivity index (χ1) is 13.6. The molecule has 0 spiro atoms. The molecule has 0 N–H and O–H groups in total. The van der Waals surface area contributed by atoms with Gasteiger partial charge in [-0.3, -0.25) is 0 Å². The Labute approximate surface area is 171 Å². The van der Waals surface area contributed by atoms with Crippen molar-refractivity contribution in [2.45, 2.75) is 37.8 Å². The van der Waals surface area contributed by atoms with E-state index in [-0.39, 0.29) is 6.61 Å². The second-order valence-electron chi connectivity index (χ2n) is 8.08. The van der Waals surface area contributed by atoms with Crippen LogP contribution in [-0.2, 0) is 27.9 Å². The number of benzene rings is 2. The standard InChI is InChI=1S/C22H27BF3NO2/c1-15(17-10-18(22(24,25)26)12-19(23)11-17)28-14-21(8-9-27(2)3)20-7-5-4-6-16(20)13-29-21/h4-7,10-12,15H,8-9,13-14,23H2,1-3H3. The molecule has 1 aliphatic heterocycles. The summed E-state index contributed by atoms with van der Waals surface area (Å²) < 4.78 is 51.9. The van der Waals surface area contributed by atoms with Crippen molar-refractivity contribution in [3.63, 3.8) is 0 Å². The van der Waals surface area contributed by atoms with Gasteiger partial charge < -0.3 is 14.4 Å². The monoisotopic (exact) mass is 405 g/mol. The third kappa shape index (κ3) is 5.02. The van der Waals surface area contributed by atoms with Crippen LogP contribution in [0, 0.1) is 0 Å². The molecule has 0 radical (unpaired) electrons. The van der Waals surface area contributed by atoms with Crippen molar-refractivity contribution in [2.24, 2.45) is 0 Å². The van der Waals surface area contributed by atoms with E-state index in [1.807, 2.05) is 32.3 Å². The summed E-state index contributed by atoms with van der Waals surface area (Å²) in [4.78, 5) is 2.09. The van der Waals surface area contributed by atoms with Crippen LogP contribution in [0.3, 0.4) is 0 Å². The van der Waals surface area contributed by atoms with Gasteiger partial charge in [-0.2, -0.15) is 13.2 Å². The summed E-state index contributed by atoms with van der Waals surface area (Å²) in [6.45, 7) is 3.41. The largest absolute Gasteiger partial charge is 0.416 e. The van der Waals surface area contributed by atoms with E-state index in [1.165, 1.54) is 6.07 Å². The van der Waals surface area contributed by atoms with Crippen molar-refractivity contribution in [1.29, 1.82) is 0 Å². The van der Waals surface area contributed by atoms with E-state index in [0.29, 0.717) is 17.6 Å². The second kappa shape index (κ2) is 8.50. The van der Waals surface area contributed by atoms with Crippen LogP contribution in [0.25, 0.3) is 0 Å². The summed E-state index contributed by atoms with van der Waals surface area (Å²) in [7, 11) is 5.67. The third-order valence-corrected chi connectivity index (χ3v) is 5.44. The van der Waals surface area contributed by atoms with Gasteiger partial charge in [-0.15, -0.1) is 0 Å². The first kappa shape index (κ1) is 21.9. The zero-order chi connectivity index (χ0) is 21.2. The maximum absolute atomic E-state index is 13.2. The molecule has 2 aromatic rings. The van der Waals surface area contributed by atoms with Gasteiger partial charge in [-0.1, -0.05) is 41.9 Å². The fourth-order valence-corrected chi connectivity index (χ4v) is 3.75. The van der Waals surface area contributed by atoms with Crippen LogP contribution in [0.4, 0.5) is 13.2 Å². The lowest BCUT2D eigenvalue weighted by atomic mass is 9.89. The molecule has 3 nitrogen and oxygen atoms in total. The fourth-order valence-electron chi connectivity index (χ4n) is 3.75. The van der Waals surface area contributed by atoms with Crippen molar-refractivity contribution in [2.75, 3.05) is 27.2 Å². The number of ether oxygens (including phenoxy) is 2. The number of hydrogen-bond acceptors (Lipinski definition) is 3. The van der Waals surface area contributed by atoms with E-state index in [9.17, 15) is 13.2 Å². The van der Waals surface area contributed by atoms with Crippen molar-refractivity contribution in [3.05, 3.63) is 64.7 Å². The molecular weight excluding hydrogens is 378 g/mol. The zero-order valence-electron chi connectivity index (χ0n) is 17.3. The smallest absolute Gasteiger partial charge is 0.370 e. The average Bonchev–Trinajstić information content (AvgIpc) is 3.02. The molecule has 0 amide bonds. The molecule has 2 unspecified atom stereocenters. The van der Waals surface area contributed by atoms with Gasteiger partial charge in [0.05, 0.1) is 24.9 Å². The highest BCUT2D eigenvalue weighted by Gasteiger charge is 2.40. The van der Waals surface area contributed by atoms with E-state index >= 15 is 0 Å². The van der Waals surface area contributed by atoms with Crippen molar-refractivity contribution >= 4 is 13.3 Å². The van der Waals surface area contributed by atoms with Gasteiger partial charge in [-0.25, -0.2) is 0 Å². The molecule has 29 heavy (non-hydrogen) atoms. The number of rotatable bonds is 7. The molecule has 1 heterocycles. The maximum atomic E-state index is 13.2. The predicted molar refractivity (Wildman–Crippen MR) is 110 cm³/mol. The van der Waals surface area contributed by atoms with Gasteiger partial charge in [0.2, 0.25) is 0 Å². The number of fused-ring (bicyclic) bond motifs is 1. The highest BCUT2D eigenvalue weighted by atomic mass is 19.4. The highest BCUT2D eigenvalue weighted by Crippen LogP contribution is 2.40. The summed E-state index contributed by atoms with van der Waals surface area (Å²) >= 11 is 0. The molecule has 2 aromatic carbocycles. The minimum atomic E-state index is -4.37. The quantitative estimate of drug-likeness (QED) is 0.659. The molecule has 1 aliphatic rings. The predicted octanol–water partition coefficient (Wildman–Crippen LogP) is 3.42. The minimum Gasteiger partial charge on any atom is -0.370 e. The van der Waals surface area contributed by atoms with Crippen LogP contribution in [-0.4, -0.2) is 40.0 Å². The van der Waals surface area contributed by atoms with E-state index in [4.69, 9.17) is 9.47 Å². The molecule has 0 bridgehead atoms. The Morgan fingerprint density at radius 1 is 1.21 bits per heavy atom. The van der Waals surface area contributed by atoms with Gasteiger partial charge in [0, 0.05) is 6.54 Å².